The Hall–Kier alpha value is -1.38. The third kappa shape index (κ3) is 1.05. The number of rotatable bonds is 1. The summed E-state index contributed by atoms with van der Waals surface area (Å²) < 4.78 is 1.42. The van der Waals surface area contributed by atoms with Crippen LogP contribution in [-0.4, -0.2) is 10.9 Å². The van der Waals surface area contributed by atoms with E-state index in [1.54, 1.807) is 24.4 Å². The first-order valence-electron chi connectivity index (χ1n) is 2.57. The second-order valence-corrected chi connectivity index (χ2v) is 1.62. The quantitative estimate of drug-likeness (QED) is 0.400. The lowest BCUT2D eigenvalue weighted by Crippen LogP contribution is -2.16. The van der Waals surface area contributed by atoms with Crippen LogP contribution in [0, 0.1) is 10.8 Å². The van der Waals surface area contributed by atoms with Gasteiger partial charge in [0.1, 0.15) is 5.49 Å². The van der Waals surface area contributed by atoms with Gasteiger partial charge in [0, 0.05) is 6.20 Å². The van der Waals surface area contributed by atoms with Crippen LogP contribution in [0.3, 0.4) is 0 Å². The van der Waals surface area contributed by atoms with Crippen molar-refractivity contribution < 1.29 is 0 Å². The van der Waals surface area contributed by atoms with E-state index in [9.17, 15) is 0 Å². The number of pyridine rings is 1. The molecule has 0 saturated carbocycles. The van der Waals surface area contributed by atoms with Gasteiger partial charge in [-0.1, -0.05) is 6.07 Å². The number of aromatic nitrogens is 1. The van der Waals surface area contributed by atoms with Crippen molar-refractivity contribution in [3.05, 3.63) is 29.9 Å². The van der Waals surface area contributed by atoms with E-state index in [0.717, 1.165) is 6.34 Å². The average Bonchev–Trinajstić information content (AvgIpc) is 1.89. The molecule has 0 saturated heterocycles. The Morgan fingerprint density at radius 2 is 2.22 bits per heavy atom. The molecular formula is C6H7N3. The van der Waals surface area contributed by atoms with Crippen LogP contribution in [0.25, 0.3) is 0 Å². The van der Waals surface area contributed by atoms with Crippen molar-refractivity contribution in [3.8, 4) is 0 Å². The van der Waals surface area contributed by atoms with Crippen LogP contribution in [0.1, 0.15) is 0 Å². The second-order valence-electron chi connectivity index (χ2n) is 1.62. The van der Waals surface area contributed by atoms with E-state index in [0.29, 0.717) is 5.49 Å². The van der Waals surface area contributed by atoms with E-state index >= 15 is 0 Å². The minimum Gasteiger partial charge on any atom is -0.293 e. The van der Waals surface area contributed by atoms with Crippen LogP contribution >= 0.6 is 0 Å². The first-order valence-corrected chi connectivity index (χ1v) is 2.57. The van der Waals surface area contributed by atoms with Gasteiger partial charge in [-0.3, -0.25) is 15.4 Å². The zero-order chi connectivity index (χ0) is 6.69. The van der Waals surface area contributed by atoms with E-state index in [-0.39, 0.29) is 0 Å². The number of nitrogens with zero attached hydrogens (tertiary/aromatic N) is 1. The Labute approximate surface area is 52.6 Å². The van der Waals surface area contributed by atoms with Crippen molar-refractivity contribution in [3.63, 3.8) is 0 Å². The number of nitrogens with one attached hydrogen (secondary N) is 2. The Morgan fingerprint density at radius 1 is 1.44 bits per heavy atom. The van der Waals surface area contributed by atoms with Gasteiger partial charge in [-0.05, 0) is 12.1 Å². The van der Waals surface area contributed by atoms with E-state index < -0.39 is 0 Å². The van der Waals surface area contributed by atoms with Crippen molar-refractivity contribution in [2.45, 2.75) is 0 Å². The predicted octanol–water partition coefficient (Wildman–Crippen LogP) is 0.423. The van der Waals surface area contributed by atoms with Gasteiger partial charge in [0.15, 0.2) is 0 Å². The molecule has 0 fully saturated rings. The fraction of sp³-hybridized carbons (Fsp3) is 0. The lowest BCUT2D eigenvalue weighted by atomic mass is 10.5. The topological polar surface area (TPSA) is 52.6 Å². The van der Waals surface area contributed by atoms with E-state index in [2.05, 4.69) is 0 Å². The van der Waals surface area contributed by atoms with Gasteiger partial charge in [-0.15, -0.1) is 0 Å². The SMILES string of the molecule is N=Cn1ccccc1=N. The molecule has 0 spiro atoms. The van der Waals surface area contributed by atoms with E-state index in [1.165, 1.54) is 4.57 Å². The average molecular weight is 121 g/mol. The summed E-state index contributed by atoms with van der Waals surface area (Å²) >= 11 is 0. The van der Waals surface area contributed by atoms with Crippen LogP contribution in [0.4, 0.5) is 0 Å². The minimum atomic E-state index is 0.326. The maximum atomic E-state index is 7.18. The van der Waals surface area contributed by atoms with Crippen LogP contribution < -0.4 is 5.49 Å². The first-order chi connectivity index (χ1) is 4.34. The summed E-state index contributed by atoms with van der Waals surface area (Å²) in [4.78, 5) is 0. The lowest BCUT2D eigenvalue weighted by molar-refractivity contribution is 0.987. The molecule has 1 rings (SSSR count). The third-order valence-electron chi connectivity index (χ3n) is 1.03. The summed E-state index contributed by atoms with van der Waals surface area (Å²) in [6.07, 6.45) is 2.76. The molecular weight excluding hydrogens is 114 g/mol. The monoisotopic (exact) mass is 121 g/mol. The fourth-order valence-electron chi connectivity index (χ4n) is 0.568. The molecule has 9 heavy (non-hydrogen) atoms. The Morgan fingerprint density at radius 3 is 2.67 bits per heavy atom. The van der Waals surface area contributed by atoms with Crippen LogP contribution in [0.2, 0.25) is 0 Å². The molecule has 0 amide bonds. The highest BCUT2D eigenvalue weighted by Gasteiger charge is 1.79. The smallest absolute Gasteiger partial charge is 0.129 e. The zero-order valence-electron chi connectivity index (χ0n) is 4.83. The van der Waals surface area contributed by atoms with Gasteiger partial charge in [-0.2, -0.15) is 0 Å². The molecule has 0 aromatic carbocycles. The normalized spacial score (nSPS) is 8.89. The van der Waals surface area contributed by atoms with Gasteiger partial charge in [0.25, 0.3) is 0 Å². The molecule has 3 heteroatoms. The standard InChI is InChI=1S/C6H7N3/c7-5-9-4-2-1-3-6(9)8/h1-5,7-8H. The number of hydrogen-bond acceptors (Lipinski definition) is 2. The summed E-state index contributed by atoms with van der Waals surface area (Å²) in [6.45, 7) is 0. The molecule has 0 aliphatic heterocycles. The first kappa shape index (κ1) is 5.75. The van der Waals surface area contributed by atoms with Crippen LogP contribution in [-0.2, 0) is 0 Å². The molecule has 0 bridgehead atoms. The summed E-state index contributed by atoms with van der Waals surface area (Å²) in [5, 5.41) is 14.0. The molecule has 3 nitrogen and oxygen atoms in total. The second kappa shape index (κ2) is 2.26. The highest BCUT2D eigenvalue weighted by Crippen LogP contribution is 1.73. The summed E-state index contributed by atoms with van der Waals surface area (Å²) in [7, 11) is 0. The Balaban J connectivity index is 3.32. The summed E-state index contributed by atoms with van der Waals surface area (Å²) in [5.74, 6) is 0. The zero-order valence-corrected chi connectivity index (χ0v) is 4.83. The van der Waals surface area contributed by atoms with Gasteiger partial charge >= 0.3 is 0 Å². The maximum Gasteiger partial charge on any atom is 0.129 e. The molecule has 0 radical (unpaired) electrons. The molecule has 0 aliphatic rings. The van der Waals surface area contributed by atoms with Crippen LogP contribution in [0.5, 0.6) is 0 Å². The molecule has 1 aromatic rings. The third-order valence-corrected chi connectivity index (χ3v) is 1.03. The molecule has 46 valence electrons. The maximum absolute atomic E-state index is 7.18. The fourth-order valence-corrected chi connectivity index (χ4v) is 0.568. The Bertz CT molecular complexity index is 261. The van der Waals surface area contributed by atoms with Gasteiger partial charge in [-0.25, -0.2) is 0 Å². The van der Waals surface area contributed by atoms with Crippen molar-refractivity contribution in [2.75, 3.05) is 0 Å². The highest BCUT2D eigenvalue weighted by atomic mass is 15.0. The minimum absolute atomic E-state index is 0.326. The van der Waals surface area contributed by atoms with E-state index in [4.69, 9.17) is 10.8 Å². The van der Waals surface area contributed by atoms with Gasteiger partial charge in [0.05, 0.1) is 6.34 Å². The highest BCUT2D eigenvalue weighted by molar-refractivity contribution is 5.53. The van der Waals surface area contributed by atoms with Crippen molar-refractivity contribution >= 4 is 6.34 Å². The molecule has 2 N–H and O–H groups in total. The molecule has 1 heterocycles. The number of hydrogen-bond donors (Lipinski definition) is 2. The summed E-state index contributed by atoms with van der Waals surface area (Å²) in [6, 6.07) is 5.18. The molecule has 1 aromatic heterocycles. The molecule has 0 unspecified atom stereocenters. The molecule has 0 atom stereocenters. The van der Waals surface area contributed by atoms with Crippen molar-refractivity contribution in [1.82, 2.24) is 4.57 Å². The predicted molar refractivity (Wildman–Crippen MR) is 34.5 cm³/mol. The lowest BCUT2D eigenvalue weighted by Gasteiger charge is -1.92. The Kier molecular flexibility index (Phi) is 1.44. The van der Waals surface area contributed by atoms with Gasteiger partial charge in [0.2, 0.25) is 0 Å². The van der Waals surface area contributed by atoms with Gasteiger partial charge < -0.3 is 0 Å². The largest absolute Gasteiger partial charge is 0.293 e. The van der Waals surface area contributed by atoms with Crippen LogP contribution in [0.15, 0.2) is 24.4 Å². The summed E-state index contributed by atoms with van der Waals surface area (Å²) in [5.41, 5.74) is 0.326. The molecule has 0 aliphatic carbocycles. The van der Waals surface area contributed by atoms with Crippen molar-refractivity contribution in [2.24, 2.45) is 0 Å². The van der Waals surface area contributed by atoms with Crippen molar-refractivity contribution in [1.29, 1.82) is 10.8 Å². The van der Waals surface area contributed by atoms with E-state index in [1.807, 2.05) is 0 Å².